The molecule has 0 aliphatic rings. The third kappa shape index (κ3) is 8.64. The number of methoxy groups -OCH3 is 1. The van der Waals surface area contributed by atoms with E-state index < -0.39 is 0 Å². The van der Waals surface area contributed by atoms with E-state index in [0.29, 0.717) is 25.7 Å². The van der Waals surface area contributed by atoms with Crippen LogP contribution >= 0.6 is 0 Å². The lowest BCUT2D eigenvalue weighted by Gasteiger charge is -2.14. The number of aliphatic hydroxyl groups excluding tert-OH is 1. The van der Waals surface area contributed by atoms with E-state index in [9.17, 15) is 4.79 Å². The van der Waals surface area contributed by atoms with E-state index in [1.54, 1.807) is 7.11 Å². The van der Waals surface area contributed by atoms with Crippen LogP contribution in [0.1, 0.15) is 19.8 Å². The molecule has 0 heterocycles. The lowest BCUT2D eigenvalue weighted by molar-refractivity contribution is -0.126. The van der Waals surface area contributed by atoms with E-state index in [1.807, 2.05) is 6.92 Å². The number of hydrogen-bond acceptors (Lipinski definition) is 4. The molecule has 0 spiro atoms. The largest absolute Gasteiger partial charge is 0.396 e. The van der Waals surface area contributed by atoms with E-state index in [1.165, 1.54) is 0 Å². The monoisotopic (exact) mass is 233 g/mol. The number of carbonyl (C=O) groups is 1. The summed E-state index contributed by atoms with van der Waals surface area (Å²) in [4.78, 5) is 11.3. The molecule has 0 aromatic rings. The fraction of sp³-hybridized carbons (Fsp3) is 0.909. The minimum absolute atomic E-state index is 0.0684. The van der Waals surface area contributed by atoms with Gasteiger partial charge in [-0.1, -0.05) is 13.3 Å². The van der Waals surface area contributed by atoms with Crippen molar-refractivity contribution in [2.75, 3.05) is 40.1 Å². The van der Waals surface area contributed by atoms with Gasteiger partial charge in [-0.05, 0) is 12.3 Å². The maximum absolute atomic E-state index is 11.3. The molecule has 5 heteroatoms. The second-order valence-corrected chi connectivity index (χ2v) is 3.64. The molecule has 0 saturated carbocycles. The van der Waals surface area contributed by atoms with Crippen molar-refractivity contribution in [1.82, 2.24) is 5.32 Å². The Labute approximate surface area is 97.1 Å². The summed E-state index contributed by atoms with van der Waals surface area (Å²) in [5.74, 6) is 0.223. The average molecular weight is 233 g/mol. The SMILES string of the molecule is CCC(CCO)CNC(=O)COCCOC. The van der Waals surface area contributed by atoms with Gasteiger partial charge in [0.25, 0.3) is 0 Å². The Kier molecular flexibility index (Phi) is 10.4. The van der Waals surface area contributed by atoms with Crippen molar-refractivity contribution in [2.24, 2.45) is 5.92 Å². The van der Waals surface area contributed by atoms with Gasteiger partial charge in [-0.25, -0.2) is 0 Å². The number of aliphatic hydroxyl groups is 1. The van der Waals surface area contributed by atoms with Crippen LogP contribution < -0.4 is 5.32 Å². The van der Waals surface area contributed by atoms with Crippen LogP contribution in [0, 0.1) is 5.92 Å². The molecule has 2 N–H and O–H groups in total. The van der Waals surface area contributed by atoms with Gasteiger partial charge in [-0.15, -0.1) is 0 Å². The number of ether oxygens (including phenoxy) is 2. The Morgan fingerprint density at radius 1 is 1.44 bits per heavy atom. The third-order valence-corrected chi connectivity index (χ3v) is 2.37. The summed E-state index contributed by atoms with van der Waals surface area (Å²) in [5, 5.41) is 11.6. The summed E-state index contributed by atoms with van der Waals surface area (Å²) in [6.07, 6.45) is 1.67. The van der Waals surface area contributed by atoms with Gasteiger partial charge in [0.05, 0.1) is 13.2 Å². The first-order valence-electron chi connectivity index (χ1n) is 5.68. The molecule has 0 aliphatic carbocycles. The molecule has 0 aliphatic heterocycles. The lowest BCUT2D eigenvalue weighted by atomic mass is 10.0. The molecule has 1 unspecified atom stereocenters. The van der Waals surface area contributed by atoms with Crippen LogP contribution in [0.2, 0.25) is 0 Å². The molecule has 0 radical (unpaired) electrons. The zero-order valence-corrected chi connectivity index (χ0v) is 10.2. The molecular formula is C11H23NO4. The highest BCUT2D eigenvalue weighted by molar-refractivity contribution is 5.77. The smallest absolute Gasteiger partial charge is 0.246 e. The van der Waals surface area contributed by atoms with Crippen molar-refractivity contribution < 1.29 is 19.4 Å². The molecule has 0 aromatic heterocycles. The second-order valence-electron chi connectivity index (χ2n) is 3.64. The van der Waals surface area contributed by atoms with Crippen molar-refractivity contribution >= 4 is 5.91 Å². The van der Waals surface area contributed by atoms with Gasteiger partial charge in [0.15, 0.2) is 0 Å². The summed E-state index contributed by atoms with van der Waals surface area (Å²) in [5.41, 5.74) is 0. The molecule has 0 rings (SSSR count). The van der Waals surface area contributed by atoms with Crippen LogP contribution in [0.3, 0.4) is 0 Å². The summed E-state index contributed by atoms with van der Waals surface area (Å²) >= 11 is 0. The van der Waals surface area contributed by atoms with Crippen molar-refractivity contribution in [3.05, 3.63) is 0 Å². The van der Waals surface area contributed by atoms with E-state index >= 15 is 0 Å². The van der Waals surface area contributed by atoms with E-state index in [4.69, 9.17) is 14.6 Å². The zero-order valence-electron chi connectivity index (χ0n) is 10.2. The van der Waals surface area contributed by atoms with Gasteiger partial charge in [0.1, 0.15) is 6.61 Å². The topological polar surface area (TPSA) is 67.8 Å². The fourth-order valence-corrected chi connectivity index (χ4v) is 1.25. The number of carbonyl (C=O) groups excluding carboxylic acids is 1. The predicted octanol–water partition coefficient (Wildman–Crippen LogP) is 0.174. The van der Waals surface area contributed by atoms with Crippen molar-refractivity contribution in [3.8, 4) is 0 Å². The first kappa shape index (κ1) is 15.3. The molecule has 0 saturated heterocycles. The maximum atomic E-state index is 11.3. The number of hydrogen-bond donors (Lipinski definition) is 2. The van der Waals surface area contributed by atoms with Gasteiger partial charge >= 0.3 is 0 Å². The Morgan fingerprint density at radius 3 is 2.75 bits per heavy atom. The minimum atomic E-state index is -0.118. The molecule has 16 heavy (non-hydrogen) atoms. The average Bonchev–Trinajstić information content (AvgIpc) is 2.30. The number of rotatable bonds is 10. The summed E-state index contributed by atoms with van der Waals surface area (Å²) < 4.78 is 9.86. The van der Waals surface area contributed by atoms with Crippen LogP contribution in [0.15, 0.2) is 0 Å². The predicted molar refractivity (Wildman–Crippen MR) is 61.2 cm³/mol. The first-order chi connectivity index (χ1) is 7.74. The van der Waals surface area contributed by atoms with Crippen LogP contribution in [0.5, 0.6) is 0 Å². The van der Waals surface area contributed by atoms with Crippen LogP contribution in [-0.4, -0.2) is 51.1 Å². The van der Waals surface area contributed by atoms with Crippen molar-refractivity contribution in [1.29, 1.82) is 0 Å². The quantitative estimate of drug-likeness (QED) is 0.528. The third-order valence-electron chi connectivity index (χ3n) is 2.37. The highest BCUT2D eigenvalue weighted by Crippen LogP contribution is 2.05. The summed E-state index contributed by atoms with van der Waals surface area (Å²) in [7, 11) is 1.59. The van der Waals surface area contributed by atoms with Gasteiger partial charge in [-0.2, -0.15) is 0 Å². The lowest BCUT2D eigenvalue weighted by Crippen LogP contribution is -2.32. The number of nitrogens with one attached hydrogen (secondary N) is 1. The molecular weight excluding hydrogens is 210 g/mol. The van der Waals surface area contributed by atoms with E-state index in [-0.39, 0.29) is 19.1 Å². The number of amides is 1. The maximum Gasteiger partial charge on any atom is 0.246 e. The first-order valence-corrected chi connectivity index (χ1v) is 5.68. The Hall–Kier alpha value is -0.650. The Balaban J connectivity index is 3.47. The van der Waals surface area contributed by atoms with Gasteiger partial charge in [-0.3, -0.25) is 4.79 Å². The molecule has 0 aromatic carbocycles. The van der Waals surface area contributed by atoms with Gasteiger partial charge in [0.2, 0.25) is 5.91 Å². The van der Waals surface area contributed by atoms with Gasteiger partial charge < -0.3 is 19.9 Å². The van der Waals surface area contributed by atoms with Crippen LogP contribution in [0.4, 0.5) is 0 Å². The summed E-state index contributed by atoms with van der Waals surface area (Å²) in [6, 6.07) is 0. The van der Waals surface area contributed by atoms with Crippen LogP contribution in [-0.2, 0) is 14.3 Å². The molecule has 5 nitrogen and oxygen atoms in total. The molecule has 0 bridgehead atoms. The Morgan fingerprint density at radius 2 is 2.19 bits per heavy atom. The normalized spacial score (nSPS) is 12.4. The molecule has 96 valence electrons. The van der Waals surface area contributed by atoms with Gasteiger partial charge in [0, 0.05) is 20.3 Å². The summed E-state index contributed by atoms with van der Waals surface area (Å²) in [6.45, 7) is 3.80. The fourth-order valence-electron chi connectivity index (χ4n) is 1.25. The molecule has 1 atom stereocenters. The highest BCUT2D eigenvalue weighted by atomic mass is 16.5. The zero-order chi connectivity index (χ0) is 12.2. The minimum Gasteiger partial charge on any atom is -0.396 e. The second kappa shape index (κ2) is 10.9. The Bertz CT molecular complexity index is 175. The highest BCUT2D eigenvalue weighted by Gasteiger charge is 2.07. The molecule has 1 amide bonds. The van der Waals surface area contributed by atoms with Crippen molar-refractivity contribution in [2.45, 2.75) is 19.8 Å². The van der Waals surface area contributed by atoms with E-state index in [2.05, 4.69) is 5.32 Å². The van der Waals surface area contributed by atoms with Crippen molar-refractivity contribution in [3.63, 3.8) is 0 Å². The standard InChI is InChI=1S/C11H23NO4/c1-3-10(4-5-13)8-12-11(14)9-16-7-6-15-2/h10,13H,3-9H2,1-2H3,(H,12,14). The van der Waals surface area contributed by atoms with E-state index in [0.717, 1.165) is 12.8 Å². The molecule has 0 fully saturated rings. The van der Waals surface area contributed by atoms with Crippen LogP contribution in [0.25, 0.3) is 0 Å².